The third-order valence-corrected chi connectivity index (χ3v) is 11.6. The number of hydrogen-bond acceptors (Lipinski definition) is 16. The Hall–Kier alpha value is -0.640. The summed E-state index contributed by atoms with van der Waals surface area (Å²) in [6, 6.07) is 0. The first-order valence-electron chi connectivity index (χ1n) is 25.4. The molecule has 0 aromatic heterocycles. The van der Waals surface area contributed by atoms with E-state index in [4.69, 9.17) is 75.8 Å². The molecule has 0 spiro atoms. The molecule has 8 heterocycles. The quantitative estimate of drug-likeness (QED) is 0.194. The third-order valence-electron chi connectivity index (χ3n) is 11.6. The van der Waals surface area contributed by atoms with E-state index in [0.29, 0.717) is 52.9 Å². The highest BCUT2D eigenvalue weighted by molar-refractivity contribution is 4.99. The number of ether oxygens (including phenoxy) is 16. The molecule has 8 aliphatic heterocycles. The molecule has 0 amide bonds. The molecule has 0 N–H and O–H groups in total. The molecule has 8 fully saturated rings. The summed E-state index contributed by atoms with van der Waals surface area (Å²) in [7, 11) is 0. The molecule has 16 atom stereocenters. The molecular formula is C51H94O16. The maximum Gasteiger partial charge on any atom is 0.115 e. The molecule has 8 aliphatic rings. The molecule has 0 aliphatic carbocycles. The SMILES string of the molecule is CC(C)OC1COC2C(OC(C)C)COC12.CC(C)O[C@@H]1CO[C@H]2[C@@H]1OC[C@H]2OC(C)(C)C.CC(C)O[C@H]1CO[C@H]2[C@@H]1OC[C@@H]2OC(C)(C)C.CC(C)O[C@H]1CO[C@H]2[C@@H]1OC[C@H]2OC(C)(C)C. The smallest absolute Gasteiger partial charge is 0.115 e. The molecule has 0 bridgehead atoms. The van der Waals surface area contributed by atoms with Crippen molar-refractivity contribution in [3.8, 4) is 0 Å². The van der Waals surface area contributed by atoms with Gasteiger partial charge in [-0.2, -0.15) is 0 Å². The monoisotopic (exact) mass is 963 g/mol. The molecular weight excluding hydrogens is 869 g/mol. The molecule has 16 heteroatoms. The molecule has 0 radical (unpaired) electrons. The zero-order valence-electron chi connectivity index (χ0n) is 44.8. The van der Waals surface area contributed by atoms with E-state index in [0.717, 1.165) is 0 Å². The van der Waals surface area contributed by atoms with Crippen molar-refractivity contribution in [3.63, 3.8) is 0 Å². The van der Waals surface area contributed by atoms with Crippen LogP contribution in [0, 0.1) is 0 Å². The fourth-order valence-corrected chi connectivity index (χ4v) is 9.71. The van der Waals surface area contributed by atoms with Crippen molar-refractivity contribution in [2.75, 3.05) is 52.9 Å². The van der Waals surface area contributed by atoms with Crippen molar-refractivity contribution in [2.45, 2.75) is 277 Å². The van der Waals surface area contributed by atoms with Crippen LogP contribution < -0.4 is 0 Å². The molecule has 67 heavy (non-hydrogen) atoms. The van der Waals surface area contributed by atoms with Gasteiger partial charge in [-0.1, -0.05) is 0 Å². The topological polar surface area (TPSA) is 148 Å². The van der Waals surface area contributed by atoms with E-state index >= 15 is 0 Å². The van der Waals surface area contributed by atoms with Gasteiger partial charge in [0.25, 0.3) is 0 Å². The zero-order chi connectivity index (χ0) is 49.6. The van der Waals surface area contributed by atoms with Gasteiger partial charge in [-0.15, -0.1) is 0 Å². The normalized spacial score (nSPS) is 38.0. The lowest BCUT2D eigenvalue weighted by Gasteiger charge is -2.26. The van der Waals surface area contributed by atoms with Crippen molar-refractivity contribution >= 4 is 0 Å². The molecule has 4 unspecified atom stereocenters. The Balaban J connectivity index is 0.000000167. The summed E-state index contributed by atoms with van der Waals surface area (Å²) in [6.07, 6.45) is 1.65. The molecule has 0 aromatic carbocycles. The second-order valence-electron chi connectivity index (χ2n) is 23.3. The van der Waals surface area contributed by atoms with E-state index in [1.165, 1.54) is 0 Å². The summed E-state index contributed by atoms with van der Waals surface area (Å²) in [5, 5.41) is 0. The van der Waals surface area contributed by atoms with E-state index in [-0.39, 0.29) is 145 Å². The van der Waals surface area contributed by atoms with Crippen LogP contribution in [0.5, 0.6) is 0 Å². The second kappa shape index (κ2) is 24.9. The lowest BCUT2D eigenvalue weighted by atomic mass is 10.1. The Morgan fingerprint density at radius 1 is 0.254 bits per heavy atom. The van der Waals surface area contributed by atoms with Crippen LogP contribution in [-0.2, 0) is 75.8 Å². The summed E-state index contributed by atoms with van der Waals surface area (Å²) in [5.74, 6) is 0. The Bertz CT molecular complexity index is 1270. The van der Waals surface area contributed by atoms with Crippen molar-refractivity contribution in [2.24, 2.45) is 0 Å². The highest BCUT2D eigenvalue weighted by atomic mass is 16.7. The van der Waals surface area contributed by atoms with E-state index in [1.807, 2.05) is 69.2 Å². The number of fused-ring (bicyclic) bond motifs is 4. The summed E-state index contributed by atoms with van der Waals surface area (Å²) < 4.78 is 92.9. The van der Waals surface area contributed by atoms with Gasteiger partial charge in [0.2, 0.25) is 0 Å². The molecule has 394 valence electrons. The van der Waals surface area contributed by atoms with Crippen molar-refractivity contribution in [3.05, 3.63) is 0 Å². The Labute approximate surface area is 404 Å². The second-order valence-corrected chi connectivity index (χ2v) is 23.3. The van der Waals surface area contributed by atoms with Gasteiger partial charge in [0.05, 0.1) is 100 Å². The minimum absolute atomic E-state index is 0.0259. The molecule has 16 nitrogen and oxygen atoms in total. The maximum absolute atomic E-state index is 5.96. The largest absolute Gasteiger partial charge is 0.370 e. The average molecular weight is 963 g/mol. The van der Waals surface area contributed by atoms with Crippen LogP contribution in [-0.4, -0.2) is 198 Å². The van der Waals surface area contributed by atoms with E-state index in [9.17, 15) is 0 Å². The van der Waals surface area contributed by atoms with Crippen LogP contribution in [0.4, 0.5) is 0 Å². The Morgan fingerprint density at radius 2 is 0.388 bits per heavy atom. The predicted molar refractivity (Wildman–Crippen MR) is 252 cm³/mol. The van der Waals surface area contributed by atoms with Crippen molar-refractivity contribution in [1.82, 2.24) is 0 Å². The highest BCUT2D eigenvalue weighted by Gasteiger charge is 2.53. The minimum atomic E-state index is -0.163. The minimum Gasteiger partial charge on any atom is -0.370 e. The fourth-order valence-electron chi connectivity index (χ4n) is 9.71. The van der Waals surface area contributed by atoms with Crippen LogP contribution in [0.2, 0.25) is 0 Å². The third kappa shape index (κ3) is 17.5. The average Bonchev–Trinajstić information content (AvgIpc) is 4.03. The van der Waals surface area contributed by atoms with Gasteiger partial charge in [0, 0.05) is 0 Å². The number of hydrogen-bond donors (Lipinski definition) is 0. The lowest BCUT2D eigenvalue weighted by molar-refractivity contribution is -0.107. The van der Waals surface area contributed by atoms with Crippen molar-refractivity contribution < 1.29 is 75.8 Å². The Morgan fingerprint density at radius 3 is 0.522 bits per heavy atom. The predicted octanol–water partition coefficient (Wildman–Crippen LogP) is 6.66. The number of rotatable bonds is 13. The lowest BCUT2D eigenvalue weighted by Crippen LogP contribution is -2.38. The summed E-state index contributed by atoms with van der Waals surface area (Å²) >= 11 is 0. The van der Waals surface area contributed by atoms with Gasteiger partial charge in [-0.3, -0.25) is 0 Å². The van der Waals surface area contributed by atoms with E-state index < -0.39 is 0 Å². The van der Waals surface area contributed by atoms with Gasteiger partial charge in [-0.25, -0.2) is 0 Å². The molecule has 8 rings (SSSR count). The van der Waals surface area contributed by atoms with Crippen LogP contribution in [0.1, 0.15) is 132 Å². The van der Waals surface area contributed by atoms with Crippen LogP contribution >= 0.6 is 0 Å². The van der Waals surface area contributed by atoms with Crippen LogP contribution in [0.3, 0.4) is 0 Å². The first-order chi connectivity index (χ1) is 31.2. The first kappa shape index (κ1) is 57.3. The van der Waals surface area contributed by atoms with Gasteiger partial charge < -0.3 is 75.8 Å². The molecule has 8 saturated heterocycles. The van der Waals surface area contributed by atoms with E-state index in [1.54, 1.807) is 0 Å². The van der Waals surface area contributed by atoms with Gasteiger partial charge in [0.15, 0.2) is 0 Å². The van der Waals surface area contributed by atoms with E-state index in [2.05, 4.69) is 62.3 Å². The fraction of sp³-hybridized carbons (Fsp3) is 1.00. The molecule has 0 aromatic rings. The summed E-state index contributed by atoms with van der Waals surface area (Å²) in [6.45, 7) is 43.7. The van der Waals surface area contributed by atoms with Gasteiger partial charge >= 0.3 is 0 Å². The highest BCUT2D eigenvalue weighted by Crippen LogP contribution is 2.36. The summed E-state index contributed by atoms with van der Waals surface area (Å²) in [4.78, 5) is 0. The molecule has 0 saturated carbocycles. The standard InChI is InChI=1S/3C13H24O4.C12H22O4/c3*1-8(2)16-9-6-14-12-10(7-15-11(9)12)17-13(3,4)5;1-7(2)15-9-5-13-12-10(16-8(3)4)6-14-11(9)12/h3*8-12H,6-7H2,1-5H3;7-12H,5-6H2,1-4H3/t9-,10+,11+,12+;9-,10-,11+,12+;9-,10-,11-,12-;/m001./s1. The first-order valence-corrected chi connectivity index (χ1v) is 25.4. The van der Waals surface area contributed by atoms with Crippen LogP contribution in [0.15, 0.2) is 0 Å². The maximum atomic E-state index is 5.96. The van der Waals surface area contributed by atoms with Crippen molar-refractivity contribution in [1.29, 1.82) is 0 Å². The van der Waals surface area contributed by atoms with Gasteiger partial charge in [0.1, 0.15) is 97.7 Å². The van der Waals surface area contributed by atoms with Gasteiger partial charge in [-0.05, 0) is 132 Å². The summed E-state index contributed by atoms with van der Waals surface area (Å²) in [5.41, 5.74) is -0.490. The van der Waals surface area contributed by atoms with Crippen LogP contribution in [0.25, 0.3) is 0 Å². The zero-order valence-corrected chi connectivity index (χ0v) is 44.8. The Kier molecular flexibility index (Phi) is 21.2.